The van der Waals surface area contributed by atoms with E-state index < -0.39 is 0 Å². The van der Waals surface area contributed by atoms with Gasteiger partial charge in [0, 0.05) is 6.61 Å². The lowest BCUT2D eigenvalue weighted by Gasteiger charge is -2.16. The lowest BCUT2D eigenvalue weighted by molar-refractivity contribution is 0.0493. The Morgan fingerprint density at radius 2 is 2.06 bits per heavy atom. The van der Waals surface area contributed by atoms with Crippen molar-refractivity contribution in [2.24, 2.45) is 0 Å². The van der Waals surface area contributed by atoms with E-state index in [1.807, 2.05) is 13.8 Å². The van der Waals surface area contributed by atoms with Crippen LogP contribution in [-0.2, 0) is 4.74 Å². The molecule has 0 aliphatic heterocycles. The first-order chi connectivity index (χ1) is 7.60. The number of nitrogens with zero attached hydrogens (tertiary/aromatic N) is 2. The van der Waals surface area contributed by atoms with Gasteiger partial charge in [0.25, 0.3) is 0 Å². The lowest BCUT2D eigenvalue weighted by Crippen LogP contribution is -2.12. The molecular weight excluding hydrogens is 317 g/mol. The molecule has 0 aliphatic carbocycles. The normalized spacial score (nSPS) is 12.8. The summed E-state index contributed by atoms with van der Waals surface area (Å²) in [5.74, 6) is 1.25. The highest BCUT2D eigenvalue weighted by Crippen LogP contribution is 2.23. The number of anilines is 1. The van der Waals surface area contributed by atoms with Crippen molar-refractivity contribution in [2.45, 2.75) is 39.7 Å². The van der Waals surface area contributed by atoms with Gasteiger partial charge in [0.2, 0.25) is 0 Å². The molecule has 16 heavy (non-hydrogen) atoms. The predicted molar refractivity (Wildman–Crippen MR) is 73.2 cm³/mol. The van der Waals surface area contributed by atoms with Crippen molar-refractivity contribution in [1.29, 1.82) is 0 Å². The van der Waals surface area contributed by atoms with Gasteiger partial charge in [-0.2, -0.15) is 0 Å². The Labute approximate surface area is 110 Å². The van der Waals surface area contributed by atoms with Crippen molar-refractivity contribution in [3.63, 3.8) is 0 Å². The van der Waals surface area contributed by atoms with Gasteiger partial charge in [-0.1, -0.05) is 13.3 Å². The van der Waals surface area contributed by atoms with Gasteiger partial charge in [0.1, 0.15) is 11.9 Å². The molecule has 4 nitrogen and oxygen atoms in total. The third-order valence-corrected chi connectivity index (χ3v) is 3.60. The Morgan fingerprint density at radius 1 is 1.38 bits per heavy atom. The molecule has 0 bridgehead atoms. The summed E-state index contributed by atoms with van der Waals surface area (Å²) < 4.78 is 6.56. The quantitative estimate of drug-likeness (QED) is 0.841. The molecule has 90 valence electrons. The van der Waals surface area contributed by atoms with Crippen molar-refractivity contribution in [1.82, 2.24) is 9.97 Å². The number of hydrogen-bond donors (Lipinski definition) is 1. The minimum absolute atomic E-state index is 0.0343. The standard InChI is InChI=1S/C11H18IN3O/c1-4-6-8(16-5-2)11-14-7(3)9(12)10(13)15-11/h8H,4-6H2,1-3H3,(H2,13,14,15). The number of ether oxygens (including phenoxy) is 1. The van der Waals surface area contributed by atoms with Crippen LogP contribution in [0.2, 0.25) is 0 Å². The van der Waals surface area contributed by atoms with E-state index in [9.17, 15) is 0 Å². The van der Waals surface area contributed by atoms with Crippen molar-refractivity contribution in [3.8, 4) is 0 Å². The molecule has 1 heterocycles. The van der Waals surface area contributed by atoms with Crippen LogP contribution < -0.4 is 5.73 Å². The van der Waals surface area contributed by atoms with E-state index in [4.69, 9.17) is 10.5 Å². The van der Waals surface area contributed by atoms with Crippen LogP contribution in [0.5, 0.6) is 0 Å². The van der Waals surface area contributed by atoms with Crippen LogP contribution in [0.3, 0.4) is 0 Å². The van der Waals surface area contributed by atoms with Gasteiger partial charge in [0.05, 0.1) is 9.26 Å². The van der Waals surface area contributed by atoms with E-state index in [1.54, 1.807) is 0 Å². The lowest BCUT2D eigenvalue weighted by atomic mass is 10.2. The zero-order valence-corrected chi connectivity index (χ0v) is 12.1. The fourth-order valence-corrected chi connectivity index (χ4v) is 1.74. The van der Waals surface area contributed by atoms with Gasteiger partial charge in [-0.05, 0) is 42.9 Å². The van der Waals surface area contributed by atoms with Gasteiger partial charge in [-0.3, -0.25) is 0 Å². The number of rotatable bonds is 5. The molecule has 0 saturated carbocycles. The zero-order chi connectivity index (χ0) is 12.1. The minimum atomic E-state index is -0.0343. The van der Waals surface area contributed by atoms with E-state index in [1.165, 1.54) is 0 Å². The average molecular weight is 335 g/mol. The molecule has 5 heteroatoms. The molecule has 0 aliphatic rings. The second-order valence-electron chi connectivity index (χ2n) is 3.60. The molecule has 0 aromatic carbocycles. The SMILES string of the molecule is CCCC(OCC)c1nc(C)c(I)c(N)n1. The fraction of sp³-hybridized carbons (Fsp3) is 0.636. The summed E-state index contributed by atoms with van der Waals surface area (Å²) in [6.07, 6.45) is 1.93. The molecule has 1 unspecified atom stereocenters. The van der Waals surface area contributed by atoms with E-state index in [-0.39, 0.29) is 6.10 Å². The molecule has 0 saturated heterocycles. The summed E-state index contributed by atoms with van der Waals surface area (Å²) in [4.78, 5) is 8.75. The summed E-state index contributed by atoms with van der Waals surface area (Å²) in [7, 11) is 0. The average Bonchev–Trinajstić information content (AvgIpc) is 2.25. The third-order valence-electron chi connectivity index (χ3n) is 2.27. The third kappa shape index (κ3) is 3.28. The van der Waals surface area contributed by atoms with Crippen LogP contribution in [0.1, 0.15) is 44.3 Å². The molecule has 1 atom stereocenters. The van der Waals surface area contributed by atoms with Gasteiger partial charge in [-0.15, -0.1) is 0 Å². The van der Waals surface area contributed by atoms with Crippen LogP contribution in [0.15, 0.2) is 0 Å². The van der Waals surface area contributed by atoms with Crippen molar-refractivity contribution in [3.05, 3.63) is 15.1 Å². The summed E-state index contributed by atoms with van der Waals surface area (Å²) in [5, 5.41) is 0. The number of aryl methyl sites for hydroxylation is 1. The second kappa shape index (κ2) is 6.34. The molecule has 0 spiro atoms. The van der Waals surface area contributed by atoms with E-state index in [2.05, 4.69) is 39.5 Å². The Balaban J connectivity index is 3.00. The van der Waals surface area contributed by atoms with E-state index in [0.717, 1.165) is 22.1 Å². The molecule has 1 aromatic rings. The summed E-state index contributed by atoms with van der Waals surface area (Å²) >= 11 is 2.16. The van der Waals surface area contributed by atoms with Crippen LogP contribution in [-0.4, -0.2) is 16.6 Å². The van der Waals surface area contributed by atoms with Crippen molar-refractivity contribution < 1.29 is 4.74 Å². The maximum absolute atomic E-state index is 5.84. The number of aromatic nitrogens is 2. The Bertz CT molecular complexity index is 328. The summed E-state index contributed by atoms with van der Waals surface area (Å²) in [5.41, 5.74) is 6.76. The Morgan fingerprint density at radius 3 is 2.56 bits per heavy atom. The van der Waals surface area contributed by atoms with Crippen LogP contribution in [0, 0.1) is 10.5 Å². The van der Waals surface area contributed by atoms with Crippen LogP contribution in [0.25, 0.3) is 0 Å². The van der Waals surface area contributed by atoms with Crippen LogP contribution >= 0.6 is 22.6 Å². The highest BCUT2D eigenvalue weighted by atomic mass is 127. The van der Waals surface area contributed by atoms with E-state index in [0.29, 0.717) is 18.2 Å². The van der Waals surface area contributed by atoms with Crippen molar-refractivity contribution in [2.75, 3.05) is 12.3 Å². The number of nitrogens with two attached hydrogens (primary N) is 1. The van der Waals surface area contributed by atoms with Crippen molar-refractivity contribution >= 4 is 28.4 Å². The van der Waals surface area contributed by atoms with Gasteiger partial charge in [-0.25, -0.2) is 9.97 Å². The highest BCUT2D eigenvalue weighted by Gasteiger charge is 2.16. The number of nitrogen functional groups attached to an aromatic ring is 1. The number of halogens is 1. The molecule has 1 rings (SSSR count). The van der Waals surface area contributed by atoms with E-state index >= 15 is 0 Å². The molecule has 2 N–H and O–H groups in total. The molecular formula is C11H18IN3O. The monoisotopic (exact) mass is 335 g/mol. The first kappa shape index (κ1) is 13.6. The molecule has 1 aromatic heterocycles. The maximum atomic E-state index is 5.84. The van der Waals surface area contributed by atoms with Crippen LogP contribution in [0.4, 0.5) is 5.82 Å². The maximum Gasteiger partial charge on any atom is 0.159 e. The molecule has 0 fully saturated rings. The second-order valence-corrected chi connectivity index (χ2v) is 4.68. The molecule has 0 amide bonds. The molecule has 0 radical (unpaired) electrons. The number of hydrogen-bond acceptors (Lipinski definition) is 4. The van der Waals surface area contributed by atoms with Gasteiger partial charge in [0.15, 0.2) is 5.82 Å². The topological polar surface area (TPSA) is 61.0 Å². The first-order valence-electron chi connectivity index (χ1n) is 5.51. The summed E-state index contributed by atoms with van der Waals surface area (Å²) in [6.45, 7) is 6.71. The van der Waals surface area contributed by atoms with Gasteiger partial charge < -0.3 is 10.5 Å². The minimum Gasteiger partial charge on any atom is -0.383 e. The first-order valence-corrected chi connectivity index (χ1v) is 6.59. The predicted octanol–water partition coefficient (Wildman–Crippen LogP) is 2.85. The smallest absolute Gasteiger partial charge is 0.159 e. The highest BCUT2D eigenvalue weighted by molar-refractivity contribution is 14.1. The largest absolute Gasteiger partial charge is 0.383 e. The zero-order valence-electron chi connectivity index (χ0n) is 9.96. The Kier molecular flexibility index (Phi) is 5.40. The van der Waals surface area contributed by atoms with Gasteiger partial charge >= 0.3 is 0 Å². The Hall–Kier alpha value is -0.430. The summed E-state index contributed by atoms with van der Waals surface area (Å²) in [6, 6.07) is 0. The fourth-order valence-electron chi connectivity index (χ4n) is 1.50.